The van der Waals surface area contributed by atoms with Crippen LogP contribution in [0, 0.1) is 39.8 Å². The van der Waals surface area contributed by atoms with Gasteiger partial charge in [-0.2, -0.15) is 15.8 Å². The molecule has 0 heterocycles. The summed E-state index contributed by atoms with van der Waals surface area (Å²) < 4.78 is 14.3. The average Bonchev–Trinajstić information content (AvgIpc) is 2.67. The quantitative estimate of drug-likeness (QED) is 0.681. The zero-order valence-corrected chi connectivity index (χ0v) is 13.0. The van der Waals surface area contributed by atoms with Gasteiger partial charge in [0.2, 0.25) is 0 Å². The van der Waals surface area contributed by atoms with E-state index >= 15 is 0 Å². The molecule has 0 atom stereocenters. The number of halogens is 1. The van der Waals surface area contributed by atoms with Crippen LogP contribution in [0.5, 0.6) is 0 Å². The van der Waals surface area contributed by atoms with Gasteiger partial charge < -0.3 is 0 Å². The van der Waals surface area contributed by atoms with E-state index in [1.165, 1.54) is 12.1 Å². The van der Waals surface area contributed by atoms with E-state index in [1.54, 1.807) is 48.5 Å². The maximum absolute atomic E-state index is 14.3. The van der Waals surface area contributed by atoms with Crippen LogP contribution in [0.1, 0.15) is 16.7 Å². The van der Waals surface area contributed by atoms with Crippen LogP contribution in [0.25, 0.3) is 22.3 Å². The fourth-order valence-electron chi connectivity index (χ4n) is 2.57. The monoisotopic (exact) mass is 323 g/mol. The Morgan fingerprint density at radius 1 is 0.560 bits per heavy atom. The van der Waals surface area contributed by atoms with E-state index in [9.17, 15) is 9.65 Å². The molecule has 0 N–H and O–H groups in total. The molecule has 0 aliphatic rings. The van der Waals surface area contributed by atoms with Crippen molar-refractivity contribution in [3.63, 3.8) is 0 Å². The van der Waals surface area contributed by atoms with Gasteiger partial charge in [-0.1, -0.05) is 18.2 Å². The molecule has 3 aromatic rings. The minimum atomic E-state index is -0.514. The lowest BCUT2D eigenvalue weighted by Crippen LogP contribution is -1.89. The molecule has 3 aromatic carbocycles. The van der Waals surface area contributed by atoms with Crippen LogP contribution in [-0.4, -0.2) is 0 Å². The Hall–Kier alpha value is -3.94. The van der Waals surface area contributed by atoms with Gasteiger partial charge >= 0.3 is 0 Å². The van der Waals surface area contributed by atoms with Crippen molar-refractivity contribution in [3.05, 3.63) is 83.2 Å². The number of nitriles is 3. The van der Waals surface area contributed by atoms with Crippen molar-refractivity contribution in [1.29, 1.82) is 15.8 Å². The van der Waals surface area contributed by atoms with Gasteiger partial charge in [-0.25, -0.2) is 4.39 Å². The topological polar surface area (TPSA) is 71.4 Å². The molecule has 0 aromatic heterocycles. The van der Waals surface area contributed by atoms with Crippen LogP contribution in [0.3, 0.4) is 0 Å². The number of hydrogen-bond donors (Lipinski definition) is 0. The zero-order valence-electron chi connectivity index (χ0n) is 13.0. The van der Waals surface area contributed by atoms with Gasteiger partial charge in [0.25, 0.3) is 0 Å². The van der Waals surface area contributed by atoms with Gasteiger partial charge in [-0.15, -0.1) is 0 Å². The van der Waals surface area contributed by atoms with E-state index in [0.717, 1.165) is 11.1 Å². The third-order valence-corrected chi connectivity index (χ3v) is 3.82. The molecule has 4 heteroatoms. The van der Waals surface area contributed by atoms with E-state index < -0.39 is 5.82 Å². The van der Waals surface area contributed by atoms with Crippen molar-refractivity contribution in [2.45, 2.75) is 0 Å². The summed E-state index contributed by atoms with van der Waals surface area (Å²) in [5, 5.41) is 27.0. The molecule has 0 saturated heterocycles. The third-order valence-electron chi connectivity index (χ3n) is 3.82. The molecule has 0 amide bonds. The maximum atomic E-state index is 14.3. The molecule has 3 nitrogen and oxygen atoms in total. The second kappa shape index (κ2) is 6.67. The average molecular weight is 323 g/mol. The smallest absolute Gasteiger partial charge is 0.132 e. The third kappa shape index (κ3) is 3.22. The van der Waals surface area contributed by atoms with E-state index in [0.29, 0.717) is 22.3 Å². The van der Waals surface area contributed by atoms with Crippen LogP contribution < -0.4 is 0 Å². The molecule has 25 heavy (non-hydrogen) atoms. The number of benzene rings is 3. The Bertz CT molecular complexity index is 1080. The van der Waals surface area contributed by atoms with E-state index in [4.69, 9.17) is 10.5 Å². The number of rotatable bonds is 2. The lowest BCUT2D eigenvalue weighted by molar-refractivity contribution is 0.631. The molecule has 116 valence electrons. The predicted octanol–water partition coefficient (Wildman–Crippen LogP) is 4.77. The molecule has 0 spiro atoms. The van der Waals surface area contributed by atoms with Crippen LogP contribution in [-0.2, 0) is 0 Å². The lowest BCUT2D eigenvalue weighted by atomic mass is 9.95. The minimum Gasteiger partial charge on any atom is -0.206 e. The van der Waals surface area contributed by atoms with Gasteiger partial charge in [0.1, 0.15) is 5.82 Å². The SMILES string of the molecule is N#Cc1ccc(-c2cc(C#N)cc(-c3ccc(C#N)cc3F)c2)cc1. The molecule has 0 radical (unpaired) electrons. The van der Waals surface area contributed by atoms with E-state index in [-0.39, 0.29) is 5.56 Å². The summed E-state index contributed by atoms with van der Waals surface area (Å²) in [6.07, 6.45) is 0. The van der Waals surface area contributed by atoms with Gasteiger partial charge in [0.05, 0.1) is 34.9 Å². The second-order valence-electron chi connectivity index (χ2n) is 5.41. The van der Waals surface area contributed by atoms with Crippen molar-refractivity contribution >= 4 is 0 Å². The fraction of sp³-hybridized carbons (Fsp3) is 0. The van der Waals surface area contributed by atoms with Gasteiger partial charge in [-0.3, -0.25) is 0 Å². The van der Waals surface area contributed by atoms with Crippen molar-refractivity contribution < 1.29 is 4.39 Å². The summed E-state index contributed by atoms with van der Waals surface area (Å²) in [6, 6.07) is 22.4. The molecule has 0 fully saturated rings. The lowest BCUT2D eigenvalue weighted by Gasteiger charge is -2.09. The Balaban J connectivity index is 2.14. The van der Waals surface area contributed by atoms with Crippen molar-refractivity contribution in [2.24, 2.45) is 0 Å². The first kappa shape index (κ1) is 15.9. The number of nitrogens with zero attached hydrogens (tertiary/aromatic N) is 3. The van der Waals surface area contributed by atoms with Crippen LogP contribution in [0.4, 0.5) is 4.39 Å². The van der Waals surface area contributed by atoms with E-state index in [2.05, 4.69) is 12.1 Å². The molecule has 3 rings (SSSR count). The Labute approximate surface area is 144 Å². The van der Waals surface area contributed by atoms with E-state index in [1.807, 2.05) is 6.07 Å². The first-order valence-corrected chi connectivity index (χ1v) is 7.40. The zero-order chi connectivity index (χ0) is 17.8. The van der Waals surface area contributed by atoms with Crippen LogP contribution in [0.15, 0.2) is 60.7 Å². The molecule has 0 unspecified atom stereocenters. The Morgan fingerprint density at radius 2 is 1.16 bits per heavy atom. The van der Waals surface area contributed by atoms with Crippen molar-refractivity contribution in [2.75, 3.05) is 0 Å². The Morgan fingerprint density at radius 3 is 1.76 bits per heavy atom. The van der Waals surface area contributed by atoms with Gasteiger partial charge in [-0.05, 0) is 59.2 Å². The summed E-state index contributed by atoms with van der Waals surface area (Å²) in [5.41, 5.74) is 3.64. The van der Waals surface area contributed by atoms with Gasteiger partial charge in [0.15, 0.2) is 0 Å². The summed E-state index contributed by atoms with van der Waals surface area (Å²) in [7, 11) is 0. The predicted molar refractivity (Wildman–Crippen MR) is 91.4 cm³/mol. The first-order valence-electron chi connectivity index (χ1n) is 7.40. The Kier molecular flexibility index (Phi) is 4.25. The summed E-state index contributed by atoms with van der Waals surface area (Å²) in [5.74, 6) is -0.514. The number of hydrogen-bond acceptors (Lipinski definition) is 3. The molecular formula is C21H10FN3. The highest BCUT2D eigenvalue weighted by molar-refractivity contribution is 5.76. The first-order chi connectivity index (χ1) is 12.1. The molecule has 0 aliphatic heterocycles. The highest BCUT2D eigenvalue weighted by atomic mass is 19.1. The summed E-state index contributed by atoms with van der Waals surface area (Å²) in [4.78, 5) is 0. The highest BCUT2D eigenvalue weighted by Crippen LogP contribution is 2.30. The normalized spacial score (nSPS) is 9.68. The summed E-state index contributed by atoms with van der Waals surface area (Å²) >= 11 is 0. The summed E-state index contributed by atoms with van der Waals surface area (Å²) in [6.45, 7) is 0. The minimum absolute atomic E-state index is 0.241. The molecule has 0 saturated carbocycles. The molecular weight excluding hydrogens is 313 g/mol. The van der Waals surface area contributed by atoms with Gasteiger partial charge in [0, 0.05) is 5.56 Å². The van der Waals surface area contributed by atoms with Crippen LogP contribution >= 0.6 is 0 Å². The van der Waals surface area contributed by atoms with Crippen molar-refractivity contribution in [3.8, 4) is 40.5 Å². The standard InChI is InChI=1S/C21H10FN3/c22-21-9-15(12-24)3-6-20(21)19-8-16(13-25)7-18(10-19)17-4-1-14(11-23)2-5-17/h1-10H. The van der Waals surface area contributed by atoms with Crippen molar-refractivity contribution in [1.82, 2.24) is 0 Å². The highest BCUT2D eigenvalue weighted by Gasteiger charge is 2.10. The second-order valence-corrected chi connectivity index (χ2v) is 5.41. The fourth-order valence-corrected chi connectivity index (χ4v) is 2.57. The maximum Gasteiger partial charge on any atom is 0.132 e. The molecule has 0 bridgehead atoms. The van der Waals surface area contributed by atoms with Crippen LogP contribution in [0.2, 0.25) is 0 Å². The molecule has 0 aliphatic carbocycles. The largest absolute Gasteiger partial charge is 0.206 e.